The molecule has 1 amide bonds. The molecule has 0 bridgehead atoms. The van der Waals surface area contributed by atoms with Crippen LogP contribution in [0, 0.1) is 0 Å². The van der Waals surface area contributed by atoms with Gasteiger partial charge in [0.25, 0.3) is 0 Å². The van der Waals surface area contributed by atoms with Crippen LogP contribution in [0.3, 0.4) is 0 Å². The lowest BCUT2D eigenvalue weighted by atomic mass is 10.2. The Hall–Kier alpha value is -2.29. The van der Waals surface area contributed by atoms with E-state index in [1.807, 2.05) is 27.8 Å². The molecule has 1 unspecified atom stereocenters. The van der Waals surface area contributed by atoms with Gasteiger partial charge in [-0.3, -0.25) is 19.4 Å². The third-order valence-corrected chi connectivity index (χ3v) is 3.97. The summed E-state index contributed by atoms with van der Waals surface area (Å²) in [6.07, 6.45) is 0.740. The van der Waals surface area contributed by atoms with Crippen LogP contribution in [0.1, 0.15) is 23.2 Å². The van der Waals surface area contributed by atoms with Gasteiger partial charge in [-0.1, -0.05) is 6.07 Å². The molecule has 8 nitrogen and oxygen atoms in total. The highest BCUT2D eigenvalue weighted by Crippen LogP contribution is 2.17. The number of aromatic nitrogens is 3. The number of fused-ring (bicyclic) bond motifs is 1. The van der Waals surface area contributed by atoms with Crippen LogP contribution in [0.25, 0.3) is 0 Å². The van der Waals surface area contributed by atoms with Crippen LogP contribution in [0.15, 0.2) is 30.5 Å². The minimum atomic E-state index is -0.960. The molecule has 24 heavy (non-hydrogen) atoms. The summed E-state index contributed by atoms with van der Waals surface area (Å²) in [6, 6.07) is 7.37. The van der Waals surface area contributed by atoms with Crippen LogP contribution in [0.5, 0.6) is 0 Å². The molecule has 0 fully saturated rings. The fourth-order valence-electron chi connectivity index (χ4n) is 2.69. The molecule has 0 aliphatic carbocycles. The van der Waals surface area contributed by atoms with Crippen molar-refractivity contribution >= 4 is 5.91 Å². The van der Waals surface area contributed by atoms with E-state index in [2.05, 4.69) is 15.4 Å². The number of aliphatic hydroxyl groups excluding tert-OH is 2. The molecular formula is C16H21N5O3. The van der Waals surface area contributed by atoms with Gasteiger partial charge in [0, 0.05) is 19.3 Å². The highest BCUT2D eigenvalue weighted by molar-refractivity contribution is 5.77. The lowest BCUT2D eigenvalue weighted by Crippen LogP contribution is -2.41. The fourth-order valence-corrected chi connectivity index (χ4v) is 2.69. The van der Waals surface area contributed by atoms with Gasteiger partial charge in [0.2, 0.25) is 5.91 Å². The first-order valence-corrected chi connectivity index (χ1v) is 7.90. The zero-order valence-electron chi connectivity index (χ0n) is 13.3. The molecule has 3 rings (SSSR count). The monoisotopic (exact) mass is 331 g/mol. The van der Waals surface area contributed by atoms with Gasteiger partial charge in [0.15, 0.2) is 0 Å². The minimum Gasteiger partial charge on any atom is -0.393 e. The molecule has 1 aliphatic heterocycles. The van der Waals surface area contributed by atoms with Crippen LogP contribution in [-0.4, -0.2) is 55.5 Å². The van der Waals surface area contributed by atoms with Crippen molar-refractivity contribution < 1.29 is 15.0 Å². The van der Waals surface area contributed by atoms with E-state index in [0.29, 0.717) is 38.4 Å². The Kier molecular flexibility index (Phi) is 5.19. The number of carbonyl (C=O) groups excluding carboxylic acids is 1. The second-order valence-corrected chi connectivity index (χ2v) is 5.79. The van der Waals surface area contributed by atoms with Crippen molar-refractivity contribution in [3.63, 3.8) is 0 Å². The second-order valence-electron chi connectivity index (χ2n) is 5.79. The summed E-state index contributed by atoms with van der Waals surface area (Å²) in [7, 11) is 0. The maximum absolute atomic E-state index is 12.1. The van der Waals surface area contributed by atoms with Crippen molar-refractivity contribution in [1.82, 2.24) is 25.0 Å². The third kappa shape index (κ3) is 3.97. The van der Waals surface area contributed by atoms with Crippen molar-refractivity contribution in [2.75, 3.05) is 19.7 Å². The van der Waals surface area contributed by atoms with Crippen LogP contribution < -0.4 is 5.32 Å². The van der Waals surface area contributed by atoms with E-state index in [9.17, 15) is 9.90 Å². The SMILES string of the molecule is O=C(CN1CCn2nc(C(O)CO)cc2C1)NCc1ccccn1. The average molecular weight is 331 g/mol. The molecule has 0 spiro atoms. The molecule has 128 valence electrons. The summed E-state index contributed by atoms with van der Waals surface area (Å²) in [5.41, 5.74) is 2.22. The summed E-state index contributed by atoms with van der Waals surface area (Å²) < 4.78 is 1.82. The van der Waals surface area contributed by atoms with E-state index < -0.39 is 6.10 Å². The normalized spacial score (nSPS) is 15.8. The second kappa shape index (κ2) is 7.52. The van der Waals surface area contributed by atoms with Crippen LogP contribution in [0.4, 0.5) is 0 Å². The van der Waals surface area contributed by atoms with Crippen molar-refractivity contribution in [3.8, 4) is 0 Å². The van der Waals surface area contributed by atoms with E-state index in [-0.39, 0.29) is 12.5 Å². The van der Waals surface area contributed by atoms with Gasteiger partial charge in [0.1, 0.15) is 6.10 Å². The van der Waals surface area contributed by atoms with Gasteiger partial charge < -0.3 is 15.5 Å². The lowest BCUT2D eigenvalue weighted by molar-refractivity contribution is -0.122. The van der Waals surface area contributed by atoms with Gasteiger partial charge in [-0.2, -0.15) is 5.10 Å². The molecule has 2 aromatic rings. The summed E-state index contributed by atoms with van der Waals surface area (Å²) in [6.45, 7) is 2.31. The summed E-state index contributed by atoms with van der Waals surface area (Å²) >= 11 is 0. The standard InChI is InChI=1S/C16H21N5O3/c22-11-15(23)14-7-13-9-20(5-6-21(13)19-14)10-16(24)18-8-12-3-1-2-4-17-12/h1-4,7,15,22-23H,5-6,8-11H2,(H,18,24). The predicted octanol–water partition coefficient (Wildman–Crippen LogP) is -0.564. The third-order valence-electron chi connectivity index (χ3n) is 3.97. The Bertz CT molecular complexity index is 688. The molecule has 1 atom stereocenters. The van der Waals surface area contributed by atoms with Gasteiger partial charge >= 0.3 is 0 Å². The first-order valence-electron chi connectivity index (χ1n) is 7.90. The highest BCUT2D eigenvalue weighted by Gasteiger charge is 2.22. The molecule has 2 aromatic heterocycles. The first-order chi connectivity index (χ1) is 11.7. The molecular weight excluding hydrogens is 310 g/mol. The number of rotatable bonds is 6. The maximum Gasteiger partial charge on any atom is 0.234 e. The molecule has 0 saturated carbocycles. The Labute approximate surface area is 139 Å². The summed E-state index contributed by atoms with van der Waals surface area (Å²) in [5, 5.41) is 25.8. The van der Waals surface area contributed by atoms with E-state index in [0.717, 1.165) is 11.4 Å². The fraction of sp³-hybridized carbons (Fsp3) is 0.438. The zero-order chi connectivity index (χ0) is 16.9. The molecule has 0 saturated heterocycles. The Morgan fingerprint density at radius 2 is 2.25 bits per heavy atom. The Morgan fingerprint density at radius 3 is 3.00 bits per heavy atom. The van der Waals surface area contributed by atoms with E-state index in [1.54, 1.807) is 12.3 Å². The van der Waals surface area contributed by atoms with Crippen molar-refractivity contribution in [1.29, 1.82) is 0 Å². The topological polar surface area (TPSA) is 104 Å². The Balaban J connectivity index is 1.52. The molecule has 8 heteroatoms. The van der Waals surface area contributed by atoms with E-state index in [1.165, 1.54) is 0 Å². The van der Waals surface area contributed by atoms with Gasteiger partial charge in [-0.05, 0) is 18.2 Å². The highest BCUT2D eigenvalue weighted by atomic mass is 16.3. The molecule has 3 heterocycles. The van der Waals surface area contributed by atoms with Crippen LogP contribution >= 0.6 is 0 Å². The van der Waals surface area contributed by atoms with Crippen LogP contribution in [0.2, 0.25) is 0 Å². The lowest BCUT2D eigenvalue weighted by Gasteiger charge is -2.26. The van der Waals surface area contributed by atoms with Crippen molar-refractivity contribution in [2.24, 2.45) is 0 Å². The number of nitrogens with one attached hydrogen (secondary N) is 1. The molecule has 3 N–H and O–H groups in total. The number of nitrogens with zero attached hydrogens (tertiary/aromatic N) is 4. The summed E-state index contributed by atoms with van der Waals surface area (Å²) in [4.78, 5) is 18.3. The zero-order valence-corrected chi connectivity index (χ0v) is 13.3. The molecule has 0 aromatic carbocycles. The number of hydrogen-bond acceptors (Lipinski definition) is 6. The number of aliphatic hydroxyl groups is 2. The smallest absolute Gasteiger partial charge is 0.234 e. The average Bonchev–Trinajstić information content (AvgIpc) is 3.03. The molecule has 0 radical (unpaired) electrons. The number of hydrogen-bond donors (Lipinski definition) is 3. The number of pyridine rings is 1. The largest absolute Gasteiger partial charge is 0.393 e. The number of amides is 1. The number of carbonyl (C=O) groups is 1. The van der Waals surface area contributed by atoms with E-state index in [4.69, 9.17) is 5.11 Å². The summed E-state index contributed by atoms with van der Waals surface area (Å²) in [5.74, 6) is -0.0516. The molecule has 1 aliphatic rings. The van der Waals surface area contributed by atoms with Crippen molar-refractivity contribution in [3.05, 3.63) is 47.5 Å². The maximum atomic E-state index is 12.1. The van der Waals surface area contributed by atoms with E-state index >= 15 is 0 Å². The Morgan fingerprint density at radius 1 is 1.38 bits per heavy atom. The predicted molar refractivity (Wildman–Crippen MR) is 85.6 cm³/mol. The quantitative estimate of drug-likeness (QED) is 0.655. The van der Waals surface area contributed by atoms with Gasteiger partial charge in [0.05, 0.1) is 43.3 Å². The van der Waals surface area contributed by atoms with Gasteiger partial charge in [-0.25, -0.2) is 0 Å². The van der Waals surface area contributed by atoms with Gasteiger partial charge in [-0.15, -0.1) is 0 Å². The van der Waals surface area contributed by atoms with Crippen LogP contribution in [-0.2, 0) is 24.4 Å². The van der Waals surface area contributed by atoms with Crippen molar-refractivity contribution in [2.45, 2.75) is 25.7 Å². The minimum absolute atomic E-state index is 0.0516. The first kappa shape index (κ1) is 16.6.